The molecule has 3 heteroatoms. The van der Waals surface area contributed by atoms with Crippen LogP contribution in [0.2, 0.25) is 5.02 Å². The molecule has 1 aromatic rings. The number of hydrogen-bond donors (Lipinski definition) is 1. The van der Waals surface area contributed by atoms with Crippen LogP contribution in [0.4, 0.5) is 4.39 Å². The van der Waals surface area contributed by atoms with Gasteiger partial charge in [0, 0.05) is 11.4 Å². The monoisotopic (exact) mass is 296 g/mol. The van der Waals surface area contributed by atoms with Crippen molar-refractivity contribution in [1.29, 1.82) is 0 Å². The first kappa shape index (κ1) is 14.3. The number of rotatable bonds is 2. The quantitative estimate of drug-likeness (QED) is 0.846. The Morgan fingerprint density at radius 2 is 2.05 bits per heavy atom. The molecule has 0 aromatic heterocycles. The van der Waals surface area contributed by atoms with Crippen molar-refractivity contribution in [3.05, 3.63) is 34.6 Å². The van der Waals surface area contributed by atoms with Gasteiger partial charge in [0.25, 0.3) is 0 Å². The average molecular weight is 297 g/mol. The lowest BCUT2D eigenvalue weighted by atomic mass is 9.58. The molecule has 0 spiro atoms. The third-order valence-corrected chi connectivity index (χ3v) is 6.52. The second-order valence-corrected chi connectivity index (χ2v) is 7.93. The average Bonchev–Trinajstić information content (AvgIpc) is 2.82. The predicted octanol–water partition coefficient (Wildman–Crippen LogP) is 4.60. The van der Waals surface area contributed by atoms with Crippen LogP contribution in [0.1, 0.15) is 45.6 Å². The first-order valence-electron chi connectivity index (χ1n) is 7.36. The molecule has 2 bridgehead atoms. The lowest BCUT2D eigenvalue weighted by molar-refractivity contribution is -0.142. The fraction of sp³-hybridized carbons (Fsp3) is 0.647. The van der Waals surface area contributed by atoms with Gasteiger partial charge in [-0.3, -0.25) is 0 Å². The fourth-order valence-electron chi connectivity index (χ4n) is 4.74. The SMILES string of the molecule is CC12CCC(C1)C(C)(C)C2(O)Cc1cc(Cl)ccc1F. The van der Waals surface area contributed by atoms with Gasteiger partial charge in [0.05, 0.1) is 5.60 Å². The Morgan fingerprint density at radius 3 is 2.65 bits per heavy atom. The van der Waals surface area contributed by atoms with E-state index in [0.29, 0.717) is 22.9 Å². The summed E-state index contributed by atoms with van der Waals surface area (Å²) in [6.07, 6.45) is 3.59. The third-order valence-electron chi connectivity index (χ3n) is 6.28. The largest absolute Gasteiger partial charge is 0.388 e. The van der Waals surface area contributed by atoms with Crippen LogP contribution in [0, 0.1) is 22.6 Å². The lowest BCUT2D eigenvalue weighted by Crippen LogP contribution is -2.55. The van der Waals surface area contributed by atoms with Gasteiger partial charge in [0.1, 0.15) is 5.82 Å². The van der Waals surface area contributed by atoms with E-state index >= 15 is 0 Å². The van der Waals surface area contributed by atoms with Crippen molar-refractivity contribution < 1.29 is 9.50 Å². The van der Waals surface area contributed by atoms with E-state index in [1.165, 1.54) is 12.5 Å². The second-order valence-electron chi connectivity index (χ2n) is 7.49. The third kappa shape index (κ3) is 1.70. The van der Waals surface area contributed by atoms with Gasteiger partial charge in [-0.1, -0.05) is 32.4 Å². The van der Waals surface area contributed by atoms with Gasteiger partial charge in [-0.25, -0.2) is 4.39 Å². The maximum Gasteiger partial charge on any atom is 0.126 e. The number of hydrogen-bond acceptors (Lipinski definition) is 1. The summed E-state index contributed by atoms with van der Waals surface area (Å²) in [7, 11) is 0. The van der Waals surface area contributed by atoms with Crippen molar-refractivity contribution in [2.75, 3.05) is 0 Å². The fourth-order valence-corrected chi connectivity index (χ4v) is 4.94. The molecule has 2 aliphatic carbocycles. The molecule has 0 amide bonds. The minimum absolute atomic E-state index is 0.115. The van der Waals surface area contributed by atoms with E-state index < -0.39 is 5.60 Å². The Balaban J connectivity index is 2.02. The molecule has 0 radical (unpaired) electrons. The van der Waals surface area contributed by atoms with Crippen LogP contribution >= 0.6 is 11.6 Å². The summed E-state index contributed by atoms with van der Waals surface area (Å²) in [6.45, 7) is 6.42. The minimum Gasteiger partial charge on any atom is -0.388 e. The van der Waals surface area contributed by atoms with Crippen molar-refractivity contribution in [2.45, 2.75) is 52.1 Å². The van der Waals surface area contributed by atoms with Gasteiger partial charge in [0.2, 0.25) is 0 Å². The van der Waals surface area contributed by atoms with Crippen LogP contribution in [0.15, 0.2) is 18.2 Å². The molecule has 1 nitrogen and oxygen atoms in total. The highest BCUT2D eigenvalue weighted by molar-refractivity contribution is 6.30. The molecule has 1 aromatic carbocycles. The molecule has 2 aliphatic rings. The summed E-state index contributed by atoms with van der Waals surface area (Å²) in [4.78, 5) is 0. The van der Waals surface area contributed by atoms with E-state index in [0.717, 1.165) is 12.8 Å². The molecule has 0 heterocycles. The number of halogens is 2. The summed E-state index contributed by atoms with van der Waals surface area (Å²) in [5, 5.41) is 12.0. The highest BCUT2D eigenvalue weighted by Gasteiger charge is 2.68. The zero-order valence-corrected chi connectivity index (χ0v) is 13.1. The van der Waals surface area contributed by atoms with Gasteiger partial charge in [-0.2, -0.15) is 0 Å². The Labute approximate surface area is 125 Å². The smallest absolute Gasteiger partial charge is 0.126 e. The molecular weight excluding hydrogens is 275 g/mol. The first-order valence-corrected chi connectivity index (χ1v) is 7.74. The molecule has 3 rings (SSSR count). The van der Waals surface area contributed by atoms with E-state index in [9.17, 15) is 9.50 Å². The topological polar surface area (TPSA) is 20.2 Å². The van der Waals surface area contributed by atoms with Gasteiger partial charge in [0.15, 0.2) is 0 Å². The maximum atomic E-state index is 14.0. The van der Waals surface area contributed by atoms with E-state index in [1.54, 1.807) is 12.1 Å². The van der Waals surface area contributed by atoms with Gasteiger partial charge < -0.3 is 5.11 Å². The van der Waals surface area contributed by atoms with Crippen molar-refractivity contribution >= 4 is 11.6 Å². The van der Waals surface area contributed by atoms with E-state index in [2.05, 4.69) is 20.8 Å². The van der Waals surface area contributed by atoms with Crippen LogP contribution in [-0.4, -0.2) is 10.7 Å². The zero-order valence-electron chi connectivity index (χ0n) is 12.3. The summed E-state index contributed by atoms with van der Waals surface area (Å²) in [6, 6.07) is 4.60. The molecule has 3 atom stereocenters. The first-order chi connectivity index (χ1) is 9.20. The number of benzene rings is 1. The summed E-state index contributed by atoms with van der Waals surface area (Å²) in [5.74, 6) is 0.254. The lowest BCUT2D eigenvalue weighted by Gasteiger charge is -2.51. The molecule has 3 unspecified atom stereocenters. The molecule has 0 aliphatic heterocycles. The van der Waals surface area contributed by atoms with Gasteiger partial charge in [-0.05, 0) is 59.8 Å². The standard InChI is InChI=1S/C17H22ClFO/c1-15(2)12-6-7-16(3,10-12)17(15,20)9-11-8-13(18)4-5-14(11)19/h4-5,8,12,20H,6-7,9-10H2,1-3H3. The van der Waals surface area contributed by atoms with Crippen LogP contribution < -0.4 is 0 Å². The van der Waals surface area contributed by atoms with E-state index in [-0.39, 0.29) is 16.6 Å². The number of fused-ring (bicyclic) bond motifs is 2. The second kappa shape index (κ2) is 4.20. The summed E-state index contributed by atoms with van der Waals surface area (Å²) >= 11 is 5.98. The molecule has 20 heavy (non-hydrogen) atoms. The van der Waals surface area contributed by atoms with E-state index in [1.807, 2.05) is 0 Å². The van der Waals surface area contributed by atoms with E-state index in [4.69, 9.17) is 11.6 Å². The normalized spacial score (nSPS) is 38.4. The van der Waals surface area contributed by atoms with Crippen LogP contribution in [0.5, 0.6) is 0 Å². The van der Waals surface area contributed by atoms with Crippen LogP contribution in [0.25, 0.3) is 0 Å². The van der Waals surface area contributed by atoms with Crippen molar-refractivity contribution in [2.24, 2.45) is 16.7 Å². The Morgan fingerprint density at radius 1 is 1.35 bits per heavy atom. The highest BCUT2D eigenvalue weighted by atomic mass is 35.5. The van der Waals surface area contributed by atoms with Gasteiger partial charge >= 0.3 is 0 Å². The van der Waals surface area contributed by atoms with Crippen LogP contribution in [-0.2, 0) is 6.42 Å². The van der Waals surface area contributed by atoms with Crippen molar-refractivity contribution in [1.82, 2.24) is 0 Å². The molecule has 1 N–H and O–H groups in total. The molecule has 0 saturated heterocycles. The summed E-state index contributed by atoms with van der Waals surface area (Å²) < 4.78 is 14.0. The molecular formula is C17H22ClFO. The maximum absolute atomic E-state index is 14.0. The van der Waals surface area contributed by atoms with Crippen molar-refractivity contribution in [3.63, 3.8) is 0 Å². The summed E-state index contributed by atoms with van der Waals surface area (Å²) in [5.41, 5.74) is -0.638. The highest BCUT2D eigenvalue weighted by Crippen LogP contribution is 2.68. The molecule has 110 valence electrons. The minimum atomic E-state index is -0.867. The Hall–Kier alpha value is -0.600. The predicted molar refractivity (Wildman–Crippen MR) is 79.3 cm³/mol. The molecule has 2 saturated carbocycles. The number of aliphatic hydroxyl groups is 1. The Kier molecular flexibility index (Phi) is 3.02. The Bertz CT molecular complexity index is 549. The van der Waals surface area contributed by atoms with Crippen molar-refractivity contribution in [3.8, 4) is 0 Å². The molecule has 2 fully saturated rings. The van der Waals surface area contributed by atoms with Gasteiger partial charge in [-0.15, -0.1) is 0 Å². The zero-order chi connectivity index (χ0) is 14.8. The van der Waals surface area contributed by atoms with Crippen LogP contribution in [0.3, 0.4) is 0 Å².